The number of fused-ring (bicyclic) bond motifs is 1. The van der Waals surface area contributed by atoms with Gasteiger partial charge in [0.2, 0.25) is 0 Å². The largest absolute Gasteiger partial charge is 0.481 e. The molecule has 5 heteroatoms. The summed E-state index contributed by atoms with van der Waals surface area (Å²) in [4.78, 5) is 21.6. The zero-order chi connectivity index (χ0) is 14.3. The summed E-state index contributed by atoms with van der Waals surface area (Å²) in [5.41, 5.74) is 3.96. The van der Waals surface area contributed by atoms with E-state index in [4.69, 9.17) is 5.11 Å². The molecule has 3 N–H and O–H groups in total. The maximum absolute atomic E-state index is 11.0. The van der Waals surface area contributed by atoms with Crippen LogP contribution in [-0.2, 0) is 4.79 Å². The Kier molecular flexibility index (Phi) is 2.82. The van der Waals surface area contributed by atoms with Gasteiger partial charge in [0.25, 0.3) is 0 Å². The average Bonchev–Trinajstić information content (AvgIpc) is 3.00. The summed E-state index contributed by atoms with van der Waals surface area (Å²) < 4.78 is 0. The van der Waals surface area contributed by atoms with Crippen LogP contribution in [0.25, 0.3) is 22.2 Å². The molecule has 3 rings (SSSR count). The van der Waals surface area contributed by atoms with Gasteiger partial charge in [0.05, 0.1) is 11.9 Å². The second-order valence-electron chi connectivity index (χ2n) is 4.91. The Balaban J connectivity index is 2.12. The molecule has 0 radical (unpaired) electrons. The quantitative estimate of drug-likeness (QED) is 0.683. The zero-order valence-electron chi connectivity index (χ0n) is 11.3. The lowest BCUT2D eigenvalue weighted by Gasteiger charge is -2.01. The first-order chi connectivity index (χ1) is 9.58. The van der Waals surface area contributed by atoms with Gasteiger partial charge in [0.15, 0.2) is 0 Å². The molecule has 1 unspecified atom stereocenters. The standard InChI is InChI=1S/C15H15N3O2/c1-8(15(19)20)14-16-7-12(18-14)13-9(2)17-11-6-4-3-5-10(11)13/h3-8,17H,1-2H3,(H,16,18)(H,19,20). The molecule has 0 aliphatic rings. The number of imidazole rings is 1. The number of hydrogen-bond donors (Lipinski definition) is 3. The highest BCUT2D eigenvalue weighted by atomic mass is 16.4. The van der Waals surface area contributed by atoms with Gasteiger partial charge in [-0.1, -0.05) is 18.2 Å². The molecule has 0 bridgehead atoms. The Morgan fingerprint density at radius 2 is 2.05 bits per heavy atom. The number of carboxylic acids is 1. The van der Waals surface area contributed by atoms with Gasteiger partial charge >= 0.3 is 5.97 Å². The fraction of sp³-hybridized carbons (Fsp3) is 0.200. The van der Waals surface area contributed by atoms with E-state index in [-0.39, 0.29) is 0 Å². The minimum atomic E-state index is -0.887. The lowest BCUT2D eigenvalue weighted by Crippen LogP contribution is -2.08. The molecule has 0 aliphatic heterocycles. The molecule has 0 saturated heterocycles. The maximum Gasteiger partial charge on any atom is 0.313 e. The van der Waals surface area contributed by atoms with E-state index < -0.39 is 11.9 Å². The van der Waals surface area contributed by atoms with Gasteiger partial charge in [-0.2, -0.15) is 0 Å². The van der Waals surface area contributed by atoms with E-state index in [0.717, 1.165) is 27.9 Å². The van der Waals surface area contributed by atoms with Crippen LogP contribution in [0.1, 0.15) is 24.4 Å². The molecule has 0 fully saturated rings. The molecule has 0 amide bonds. The summed E-state index contributed by atoms with van der Waals surface area (Å²) >= 11 is 0. The van der Waals surface area contributed by atoms with Crippen molar-refractivity contribution < 1.29 is 9.90 Å². The van der Waals surface area contributed by atoms with Crippen molar-refractivity contribution in [1.82, 2.24) is 15.0 Å². The monoisotopic (exact) mass is 269 g/mol. The van der Waals surface area contributed by atoms with Crippen LogP contribution in [0.2, 0.25) is 0 Å². The number of aliphatic carboxylic acids is 1. The second kappa shape index (κ2) is 4.52. The summed E-state index contributed by atoms with van der Waals surface area (Å²) in [6.07, 6.45) is 1.69. The van der Waals surface area contributed by atoms with Gasteiger partial charge in [-0.3, -0.25) is 4.79 Å². The number of carboxylic acid groups (broad SMARTS) is 1. The number of benzene rings is 1. The van der Waals surface area contributed by atoms with Crippen molar-refractivity contribution in [3.05, 3.63) is 42.0 Å². The summed E-state index contributed by atoms with van der Waals surface area (Å²) in [5.74, 6) is -1.06. The fourth-order valence-electron chi connectivity index (χ4n) is 2.42. The van der Waals surface area contributed by atoms with Gasteiger partial charge in [0, 0.05) is 22.2 Å². The van der Waals surface area contributed by atoms with E-state index in [2.05, 4.69) is 15.0 Å². The molecule has 0 aliphatic carbocycles. The molecule has 5 nitrogen and oxygen atoms in total. The molecule has 0 spiro atoms. The predicted octanol–water partition coefficient (Wildman–Crippen LogP) is 3.05. The third-order valence-electron chi connectivity index (χ3n) is 3.54. The first kappa shape index (κ1) is 12.5. The Labute approximate surface area is 115 Å². The van der Waals surface area contributed by atoms with Crippen molar-refractivity contribution in [2.75, 3.05) is 0 Å². The summed E-state index contributed by atoms with van der Waals surface area (Å²) in [6.45, 7) is 3.61. The zero-order valence-corrected chi connectivity index (χ0v) is 11.3. The van der Waals surface area contributed by atoms with E-state index >= 15 is 0 Å². The fourth-order valence-corrected chi connectivity index (χ4v) is 2.42. The SMILES string of the molecule is Cc1[nH]c2ccccc2c1-c1cnc(C(C)C(=O)O)[nH]1. The van der Waals surface area contributed by atoms with Gasteiger partial charge < -0.3 is 15.1 Å². The predicted molar refractivity (Wildman–Crippen MR) is 76.7 cm³/mol. The maximum atomic E-state index is 11.0. The summed E-state index contributed by atoms with van der Waals surface area (Å²) in [6, 6.07) is 8.02. The van der Waals surface area contributed by atoms with Crippen LogP contribution in [0.4, 0.5) is 0 Å². The molecule has 1 aromatic carbocycles. The Morgan fingerprint density at radius 3 is 2.80 bits per heavy atom. The Morgan fingerprint density at radius 1 is 1.30 bits per heavy atom. The normalized spacial score (nSPS) is 12.7. The molecule has 2 aromatic heterocycles. The highest BCUT2D eigenvalue weighted by Crippen LogP contribution is 2.31. The van der Waals surface area contributed by atoms with Gasteiger partial charge in [-0.05, 0) is 19.9 Å². The number of aromatic nitrogens is 3. The molecular weight excluding hydrogens is 254 g/mol. The van der Waals surface area contributed by atoms with Gasteiger partial charge in [0.1, 0.15) is 11.7 Å². The van der Waals surface area contributed by atoms with E-state index in [1.807, 2.05) is 31.2 Å². The first-order valence-corrected chi connectivity index (χ1v) is 6.43. The van der Waals surface area contributed by atoms with Crippen LogP contribution < -0.4 is 0 Å². The molecular formula is C15H15N3O2. The number of aryl methyl sites for hydroxylation is 1. The minimum absolute atomic E-state index is 0.470. The first-order valence-electron chi connectivity index (χ1n) is 6.43. The number of nitrogens with zero attached hydrogens (tertiary/aromatic N) is 1. The number of H-pyrrole nitrogens is 2. The number of aromatic amines is 2. The number of nitrogens with one attached hydrogen (secondary N) is 2. The van der Waals surface area contributed by atoms with Gasteiger partial charge in [-0.25, -0.2) is 4.98 Å². The molecule has 2 heterocycles. The van der Waals surface area contributed by atoms with E-state index in [0.29, 0.717) is 5.82 Å². The summed E-state index contributed by atoms with van der Waals surface area (Å²) in [5, 5.41) is 10.1. The number of rotatable bonds is 3. The number of hydrogen-bond acceptors (Lipinski definition) is 2. The van der Waals surface area contributed by atoms with E-state index in [1.165, 1.54) is 0 Å². The van der Waals surface area contributed by atoms with E-state index in [9.17, 15) is 4.79 Å². The van der Waals surface area contributed by atoms with Crippen molar-refractivity contribution in [2.24, 2.45) is 0 Å². The topological polar surface area (TPSA) is 81.8 Å². The van der Waals surface area contributed by atoms with Crippen molar-refractivity contribution in [1.29, 1.82) is 0 Å². The van der Waals surface area contributed by atoms with E-state index in [1.54, 1.807) is 13.1 Å². The average molecular weight is 269 g/mol. The molecule has 102 valence electrons. The molecule has 0 saturated carbocycles. The Bertz CT molecular complexity index is 785. The lowest BCUT2D eigenvalue weighted by atomic mass is 10.1. The number of carbonyl (C=O) groups is 1. The minimum Gasteiger partial charge on any atom is -0.481 e. The van der Waals surface area contributed by atoms with Crippen molar-refractivity contribution >= 4 is 16.9 Å². The van der Waals surface area contributed by atoms with Crippen molar-refractivity contribution in [2.45, 2.75) is 19.8 Å². The summed E-state index contributed by atoms with van der Waals surface area (Å²) in [7, 11) is 0. The third-order valence-corrected chi connectivity index (χ3v) is 3.54. The highest BCUT2D eigenvalue weighted by molar-refractivity contribution is 5.96. The third kappa shape index (κ3) is 1.87. The molecule has 3 aromatic rings. The van der Waals surface area contributed by atoms with Crippen LogP contribution in [-0.4, -0.2) is 26.0 Å². The number of para-hydroxylation sites is 1. The van der Waals surface area contributed by atoms with Crippen molar-refractivity contribution in [3.8, 4) is 11.3 Å². The second-order valence-corrected chi connectivity index (χ2v) is 4.91. The molecule has 1 atom stereocenters. The van der Waals surface area contributed by atoms with Crippen LogP contribution in [0, 0.1) is 6.92 Å². The van der Waals surface area contributed by atoms with Crippen LogP contribution in [0.3, 0.4) is 0 Å². The molecule has 20 heavy (non-hydrogen) atoms. The smallest absolute Gasteiger partial charge is 0.313 e. The van der Waals surface area contributed by atoms with Crippen LogP contribution in [0.5, 0.6) is 0 Å². The van der Waals surface area contributed by atoms with Crippen LogP contribution >= 0.6 is 0 Å². The van der Waals surface area contributed by atoms with Gasteiger partial charge in [-0.15, -0.1) is 0 Å². The van der Waals surface area contributed by atoms with Crippen molar-refractivity contribution in [3.63, 3.8) is 0 Å². The highest BCUT2D eigenvalue weighted by Gasteiger charge is 2.19. The Hall–Kier alpha value is -2.56. The van der Waals surface area contributed by atoms with Crippen LogP contribution in [0.15, 0.2) is 30.5 Å². The lowest BCUT2D eigenvalue weighted by molar-refractivity contribution is -0.138.